The van der Waals surface area contributed by atoms with E-state index in [1.807, 2.05) is 42.7 Å². The summed E-state index contributed by atoms with van der Waals surface area (Å²) >= 11 is 1.67. The number of ether oxygens (including phenoxy) is 1. The Bertz CT molecular complexity index is 814. The van der Waals surface area contributed by atoms with Crippen molar-refractivity contribution in [3.8, 4) is 5.88 Å². The highest BCUT2D eigenvalue weighted by Gasteiger charge is 2.32. The molecule has 0 radical (unpaired) electrons. The average molecular weight is 388 g/mol. The van der Waals surface area contributed by atoms with Gasteiger partial charge in [-0.15, -0.1) is 0 Å². The van der Waals surface area contributed by atoms with Crippen molar-refractivity contribution in [1.82, 2.24) is 15.2 Å². The molecule has 1 aliphatic heterocycles. The Morgan fingerprint density at radius 1 is 1.33 bits per heavy atom. The summed E-state index contributed by atoms with van der Waals surface area (Å²) in [7, 11) is 0. The van der Waals surface area contributed by atoms with Crippen LogP contribution in [0.3, 0.4) is 0 Å². The molecule has 144 valence electrons. The lowest BCUT2D eigenvalue weighted by atomic mass is 10.2. The number of thioether (sulfide) groups is 1. The zero-order chi connectivity index (χ0) is 19.2. The van der Waals surface area contributed by atoms with Gasteiger partial charge in [-0.2, -0.15) is 11.8 Å². The number of hydrogen-bond donors (Lipinski definition) is 1. The van der Waals surface area contributed by atoms with Crippen LogP contribution in [0.25, 0.3) is 10.9 Å². The van der Waals surface area contributed by atoms with E-state index in [1.54, 1.807) is 16.7 Å². The lowest BCUT2D eigenvalue weighted by molar-refractivity contribution is -0.135. The molecule has 3 rings (SSSR count). The number of para-hydroxylation sites is 1. The van der Waals surface area contributed by atoms with Gasteiger partial charge in [0, 0.05) is 31.3 Å². The van der Waals surface area contributed by atoms with Crippen LogP contribution in [0.4, 0.5) is 0 Å². The fraction of sp³-hybridized carbons (Fsp3) is 0.450. The molecule has 2 unspecified atom stereocenters. The summed E-state index contributed by atoms with van der Waals surface area (Å²) in [5.74, 6) is 1.19. The molecule has 1 aromatic carbocycles. The van der Waals surface area contributed by atoms with Gasteiger partial charge in [0.2, 0.25) is 17.7 Å². The zero-order valence-electron chi connectivity index (χ0n) is 15.7. The van der Waals surface area contributed by atoms with E-state index in [9.17, 15) is 9.59 Å². The molecule has 0 aliphatic carbocycles. The minimum atomic E-state index is -0.465. The number of carbonyl (C=O) groups is 2. The zero-order valence-corrected chi connectivity index (χ0v) is 16.5. The average Bonchev–Trinajstić information content (AvgIpc) is 3.12. The summed E-state index contributed by atoms with van der Waals surface area (Å²) in [5, 5.41) is 3.85. The SMILES string of the molecule is CSCCC(NC(C)=O)C(=O)N1CCC(Oc2ccc3ccccc3n2)C1. The number of fused-ring (bicyclic) bond motifs is 1. The van der Waals surface area contributed by atoms with Crippen LogP contribution < -0.4 is 10.1 Å². The molecule has 1 N–H and O–H groups in total. The number of hydrogen-bond acceptors (Lipinski definition) is 5. The predicted octanol–water partition coefficient (Wildman–Crippen LogP) is 2.47. The number of rotatable bonds is 7. The maximum atomic E-state index is 12.8. The van der Waals surface area contributed by atoms with E-state index in [0.29, 0.717) is 25.4 Å². The summed E-state index contributed by atoms with van der Waals surface area (Å²) in [4.78, 5) is 30.5. The number of aromatic nitrogens is 1. The molecule has 2 aromatic rings. The highest BCUT2D eigenvalue weighted by atomic mass is 32.2. The third-order valence-electron chi connectivity index (χ3n) is 4.60. The molecular weight excluding hydrogens is 362 g/mol. The predicted molar refractivity (Wildman–Crippen MR) is 108 cm³/mol. The Balaban J connectivity index is 1.60. The minimum Gasteiger partial charge on any atom is -0.472 e. The monoisotopic (exact) mass is 387 g/mol. The van der Waals surface area contributed by atoms with Crippen LogP contribution in [-0.4, -0.2) is 58.9 Å². The largest absolute Gasteiger partial charge is 0.472 e. The Morgan fingerprint density at radius 3 is 2.93 bits per heavy atom. The van der Waals surface area contributed by atoms with Gasteiger partial charge in [0.15, 0.2) is 0 Å². The van der Waals surface area contributed by atoms with E-state index in [2.05, 4.69) is 10.3 Å². The van der Waals surface area contributed by atoms with Crippen molar-refractivity contribution in [2.24, 2.45) is 0 Å². The molecule has 2 atom stereocenters. The maximum absolute atomic E-state index is 12.8. The second-order valence-corrected chi connectivity index (χ2v) is 7.68. The number of pyridine rings is 1. The molecular formula is C20H25N3O3S. The molecule has 1 saturated heterocycles. The molecule has 2 heterocycles. The van der Waals surface area contributed by atoms with Gasteiger partial charge in [-0.1, -0.05) is 18.2 Å². The quantitative estimate of drug-likeness (QED) is 0.790. The van der Waals surface area contributed by atoms with Crippen molar-refractivity contribution in [2.45, 2.75) is 31.9 Å². The number of benzene rings is 1. The number of amides is 2. The van der Waals surface area contributed by atoms with E-state index in [1.165, 1.54) is 6.92 Å². The molecule has 0 spiro atoms. The van der Waals surface area contributed by atoms with Gasteiger partial charge in [0.25, 0.3) is 0 Å². The molecule has 1 aliphatic rings. The van der Waals surface area contributed by atoms with Crippen LogP contribution in [0.5, 0.6) is 5.88 Å². The van der Waals surface area contributed by atoms with E-state index < -0.39 is 6.04 Å². The van der Waals surface area contributed by atoms with Crippen LogP contribution in [0.1, 0.15) is 19.8 Å². The van der Waals surface area contributed by atoms with Gasteiger partial charge in [0.1, 0.15) is 12.1 Å². The van der Waals surface area contributed by atoms with Crippen LogP contribution in [0.2, 0.25) is 0 Å². The normalized spacial score (nSPS) is 17.7. The highest BCUT2D eigenvalue weighted by molar-refractivity contribution is 7.98. The first kappa shape index (κ1) is 19.5. The van der Waals surface area contributed by atoms with E-state index in [-0.39, 0.29) is 17.9 Å². The number of nitrogens with zero attached hydrogens (tertiary/aromatic N) is 2. The minimum absolute atomic E-state index is 0.0307. The fourth-order valence-electron chi connectivity index (χ4n) is 3.27. The van der Waals surface area contributed by atoms with Crippen molar-refractivity contribution in [3.63, 3.8) is 0 Å². The van der Waals surface area contributed by atoms with E-state index in [4.69, 9.17) is 4.74 Å². The molecule has 7 heteroatoms. The van der Waals surface area contributed by atoms with Gasteiger partial charge in [-0.25, -0.2) is 4.98 Å². The number of likely N-dealkylation sites (tertiary alicyclic amines) is 1. The van der Waals surface area contributed by atoms with E-state index >= 15 is 0 Å². The maximum Gasteiger partial charge on any atom is 0.245 e. The van der Waals surface area contributed by atoms with Gasteiger partial charge in [0.05, 0.1) is 12.1 Å². The van der Waals surface area contributed by atoms with Crippen LogP contribution >= 0.6 is 11.8 Å². The lowest BCUT2D eigenvalue weighted by Crippen LogP contribution is -2.48. The van der Waals surface area contributed by atoms with Gasteiger partial charge in [-0.05, 0) is 30.6 Å². The molecule has 27 heavy (non-hydrogen) atoms. The molecule has 2 amide bonds. The Kier molecular flexibility index (Phi) is 6.55. The Morgan fingerprint density at radius 2 is 2.15 bits per heavy atom. The Labute approximate surface area is 163 Å². The Hall–Kier alpha value is -2.28. The van der Waals surface area contributed by atoms with Gasteiger partial charge >= 0.3 is 0 Å². The molecule has 1 aromatic heterocycles. The van der Waals surface area contributed by atoms with E-state index in [0.717, 1.165) is 23.1 Å². The molecule has 1 fully saturated rings. The fourth-order valence-corrected chi connectivity index (χ4v) is 3.74. The summed E-state index contributed by atoms with van der Waals surface area (Å²) < 4.78 is 6.01. The first-order chi connectivity index (χ1) is 13.1. The second-order valence-electron chi connectivity index (χ2n) is 6.69. The van der Waals surface area contributed by atoms with Crippen molar-refractivity contribution in [1.29, 1.82) is 0 Å². The molecule has 0 saturated carbocycles. The standard InChI is InChI=1S/C20H25N3O3S/c1-14(24)21-18(10-12-27-2)20(25)23-11-9-16(13-23)26-19-8-7-15-5-3-4-6-17(15)22-19/h3-8,16,18H,9-13H2,1-2H3,(H,21,24). The number of nitrogens with one attached hydrogen (secondary N) is 1. The van der Waals surface area contributed by atoms with Gasteiger partial charge in [-0.3, -0.25) is 9.59 Å². The van der Waals surface area contributed by atoms with Crippen molar-refractivity contribution in [3.05, 3.63) is 36.4 Å². The number of carbonyl (C=O) groups excluding carboxylic acids is 2. The highest BCUT2D eigenvalue weighted by Crippen LogP contribution is 2.21. The molecule has 6 nitrogen and oxygen atoms in total. The van der Waals surface area contributed by atoms with Crippen LogP contribution in [-0.2, 0) is 9.59 Å². The smallest absolute Gasteiger partial charge is 0.245 e. The first-order valence-electron chi connectivity index (χ1n) is 9.14. The van der Waals surface area contributed by atoms with Crippen molar-refractivity contribution < 1.29 is 14.3 Å². The second kappa shape index (κ2) is 9.08. The summed E-state index contributed by atoms with van der Waals surface area (Å²) in [6, 6.07) is 11.3. The summed E-state index contributed by atoms with van der Waals surface area (Å²) in [6.07, 6.45) is 3.30. The lowest BCUT2D eigenvalue weighted by Gasteiger charge is -2.24. The first-order valence-corrected chi connectivity index (χ1v) is 10.5. The summed E-state index contributed by atoms with van der Waals surface area (Å²) in [5.41, 5.74) is 0.892. The van der Waals surface area contributed by atoms with Gasteiger partial charge < -0.3 is 15.0 Å². The van der Waals surface area contributed by atoms with Crippen molar-refractivity contribution >= 4 is 34.5 Å². The van der Waals surface area contributed by atoms with Crippen LogP contribution in [0.15, 0.2) is 36.4 Å². The topological polar surface area (TPSA) is 71.5 Å². The van der Waals surface area contributed by atoms with Crippen LogP contribution in [0, 0.1) is 0 Å². The third-order valence-corrected chi connectivity index (χ3v) is 5.25. The van der Waals surface area contributed by atoms with Crippen molar-refractivity contribution in [2.75, 3.05) is 25.1 Å². The molecule has 0 bridgehead atoms. The third kappa shape index (κ3) is 5.13. The summed E-state index contributed by atoms with van der Waals surface area (Å²) in [6.45, 7) is 2.59.